The number of aromatic nitrogens is 1. The van der Waals surface area contributed by atoms with Crippen LogP contribution in [-0.2, 0) is 12.3 Å². The summed E-state index contributed by atoms with van der Waals surface area (Å²) in [5.41, 5.74) is 1.17. The van der Waals surface area contributed by atoms with Crippen molar-refractivity contribution >= 4 is 5.82 Å². The van der Waals surface area contributed by atoms with Crippen LogP contribution in [0, 0.1) is 6.92 Å². The highest BCUT2D eigenvalue weighted by Gasteiger charge is 2.52. The molecule has 0 spiro atoms. The van der Waals surface area contributed by atoms with Crippen molar-refractivity contribution in [3.05, 3.63) is 59.8 Å². The Morgan fingerprint density at radius 1 is 1.15 bits per heavy atom. The maximum atomic E-state index is 11.3. The second-order valence-corrected chi connectivity index (χ2v) is 5.83. The molecule has 1 aromatic carbocycles. The summed E-state index contributed by atoms with van der Waals surface area (Å²) in [5, 5.41) is 11.3. The Kier molecular flexibility index (Phi) is 3.02. The van der Waals surface area contributed by atoms with Crippen LogP contribution in [0.4, 0.5) is 5.82 Å². The summed E-state index contributed by atoms with van der Waals surface area (Å²) < 4.78 is 2.11. The Labute approximate surface area is 120 Å². The highest BCUT2D eigenvalue weighted by atomic mass is 16.3. The van der Waals surface area contributed by atoms with Gasteiger partial charge in [-0.05, 0) is 26.8 Å². The normalized spacial score (nSPS) is 21.4. The lowest BCUT2D eigenvalue weighted by Crippen LogP contribution is -2.48. The van der Waals surface area contributed by atoms with Gasteiger partial charge in [0.25, 0.3) is 11.5 Å². The van der Waals surface area contributed by atoms with Crippen LogP contribution in [0.15, 0.2) is 48.7 Å². The molecular weight excluding hydrogens is 248 g/mol. The monoisotopic (exact) mass is 269 g/mol. The molecule has 3 rings (SSSR count). The van der Waals surface area contributed by atoms with Gasteiger partial charge in [0, 0.05) is 11.6 Å². The van der Waals surface area contributed by atoms with Gasteiger partial charge in [-0.3, -0.25) is 0 Å². The summed E-state index contributed by atoms with van der Waals surface area (Å²) in [7, 11) is 0. The van der Waals surface area contributed by atoms with Gasteiger partial charge in [0.15, 0.2) is 6.54 Å². The Morgan fingerprint density at radius 3 is 2.50 bits per heavy atom. The molecule has 2 heterocycles. The van der Waals surface area contributed by atoms with Crippen LogP contribution in [0.1, 0.15) is 25.0 Å². The molecule has 0 aliphatic carbocycles. The summed E-state index contributed by atoms with van der Waals surface area (Å²) in [6.45, 7) is 6.85. The standard InChI is InChI=1S/C17H21N2O/c1-13(2)19-16-6-4-5-11-18(16)12-17(19,20)15-9-7-14(3)8-10-15/h4-11,13,20H,12H2,1-3H3/q+1/t17-/m0/s1. The minimum Gasteiger partial charge on any atom is -0.346 e. The van der Waals surface area contributed by atoms with E-state index in [1.54, 1.807) is 0 Å². The first-order valence-electron chi connectivity index (χ1n) is 7.10. The van der Waals surface area contributed by atoms with E-state index < -0.39 is 5.72 Å². The molecule has 1 atom stereocenters. The minimum absolute atomic E-state index is 0.220. The van der Waals surface area contributed by atoms with Gasteiger partial charge in [0.2, 0.25) is 0 Å². The van der Waals surface area contributed by atoms with Crippen molar-refractivity contribution in [2.45, 2.75) is 39.1 Å². The van der Waals surface area contributed by atoms with Crippen molar-refractivity contribution in [3.63, 3.8) is 0 Å². The number of anilines is 1. The fourth-order valence-corrected chi connectivity index (χ4v) is 3.07. The fraction of sp³-hybridized carbons (Fsp3) is 0.353. The molecule has 0 radical (unpaired) electrons. The summed E-state index contributed by atoms with van der Waals surface area (Å²) in [5.74, 6) is 1.06. The first kappa shape index (κ1) is 13.1. The Morgan fingerprint density at radius 2 is 1.85 bits per heavy atom. The fourth-order valence-electron chi connectivity index (χ4n) is 3.07. The third kappa shape index (κ3) is 1.90. The molecule has 3 heteroatoms. The van der Waals surface area contributed by atoms with E-state index in [1.165, 1.54) is 5.56 Å². The van der Waals surface area contributed by atoms with E-state index in [2.05, 4.69) is 48.4 Å². The first-order chi connectivity index (χ1) is 9.52. The molecule has 1 aromatic heterocycles. The molecule has 1 aliphatic heterocycles. The number of hydrogen-bond acceptors (Lipinski definition) is 2. The molecular formula is C17H21N2O+. The predicted octanol–water partition coefficient (Wildman–Crippen LogP) is 2.36. The van der Waals surface area contributed by atoms with E-state index in [9.17, 15) is 5.11 Å². The van der Waals surface area contributed by atoms with E-state index in [0.717, 1.165) is 11.4 Å². The van der Waals surface area contributed by atoms with Gasteiger partial charge >= 0.3 is 0 Å². The van der Waals surface area contributed by atoms with Crippen molar-refractivity contribution in [2.24, 2.45) is 0 Å². The van der Waals surface area contributed by atoms with Crippen LogP contribution in [0.5, 0.6) is 0 Å². The molecule has 2 aromatic rings. The zero-order chi connectivity index (χ0) is 14.3. The van der Waals surface area contributed by atoms with Gasteiger partial charge in [-0.15, -0.1) is 0 Å². The average molecular weight is 269 g/mol. The van der Waals surface area contributed by atoms with Crippen molar-refractivity contribution < 1.29 is 9.67 Å². The molecule has 0 saturated carbocycles. The van der Waals surface area contributed by atoms with Crippen molar-refractivity contribution in [2.75, 3.05) is 4.90 Å². The van der Waals surface area contributed by atoms with Crippen molar-refractivity contribution in [3.8, 4) is 0 Å². The zero-order valence-corrected chi connectivity index (χ0v) is 12.2. The van der Waals surface area contributed by atoms with E-state index in [4.69, 9.17) is 0 Å². The van der Waals surface area contributed by atoms with Crippen LogP contribution >= 0.6 is 0 Å². The topological polar surface area (TPSA) is 27.4 Å². The van der Waals surface area contributed by atoms with E-state index in [-0.39, 0.29) is 6.04 Å². The Balaban J connectivity index is 2.11. The number of aliphatic hydroxyl groups is 1. The number of rotatable bonds is 2. The van der Waals surface area contributed by atoms with Crippen LogP contribution in [0.2, 0.25) is 0 Å². The molecule has 0 saturated heterocycles. The van der Waals surface area contributed by atoms with Crippen molar-refractivity contribution in [1.82, 2.24) is 0 Å². The molecule has 3 nitrogen and oxygen atoms in total. The second kappa shape index (κ2) is 4.60. The third-order valence-corrected chi connectivity index (χ3v) is 3.98. The number of benzene rings is 1. The van der Waals surface area contributed by atoms with Crippen LogP contribution in [-0.4, -0.2) is 11.1 Å². The van der Waals surface area contributed by atoms with E-state index >= 15 is 0 Å². The molecule has 0 bridgehead atoms. The number of fused-ring (bicyclic) bond motifs is 1. The van der Waals surface area contributed by atoms with Crippen molar-refractivity contribution in [1.29, 1.82) is 0 Å². The average Bonchev–Trinajstić information content (AvgIpc) is 2.72. The van der Waals surface area contributed by atoms with Gasteiger partial charge in [-0.2, -0.15) is 0 Å². The van der Waals surface area contributed by atoms with E-state index in [0.29, 0.717) is 6.54 Å². The largest absolute Gasteiger partial charge is 0.346 e. The van der Waals surface area contributed by atoms with Gasteiger partial charge in [-0.1, -0.05) is 35.9 Å². The molecule has 0 amide bonds. The zero-order valence-electron chi connectivity index (χ0n) is 12.2. The van der Waals surface area contributed by atoms with Crippen LogP contribution < -0.4 is 9.47 Å². The highest BCUT2D eigenvalue weighted by molar-refractivity contribution is 5.44. The molecule has 0 fully saturated rings. The molecule has 1 N–H and O–H groups in total. The quantitative estimate of drug-likeness (QED) is 0.847. The highest BCUT2D eigenvalue weighted by Crippen LogP contribution is 2.36. The molecule has 1 aliphatic rings. The number of aryl methyl sites for hydroxylation is 1. The van der Waals surface area contributed by atoms with Crippen LogP contribution in [0.25, 0.3) is 0 Å². The summed E-state index contributed by atoms with van der Waals surface area (Å²) in [6.07, 6.45) is 2.02. The smallest absolute Gasteiger partial charge is 0.279 e. The summed E-state index contributed by atoms with van der Waals surface area (Å²) in [6, 6.07) is 14.5. The molecule has 104 valence electrons. The summed E-state index contributed by atoms with van der Waals surface area (Å²) >= 11 is 0. The van der Waals surface area contributed by atoms with Gasteiger partial charge in [0.05, 0.1) is 12.2 Å². The lowest BCUT2D eigenvalue weighted by molar-refractivity contribution is -0.683. The van der Waals surface area contributed by atoms with E-state index in [1.807, 2.05) is 30.5 Å². The maximum absolute atomic E-state index is 11.3. The van der Waals surface area contributed by atoms with Gasteiger partial charge in [-0.25, -0.2) is 9.47 Å². The van der Waals surface area contributed by atoms with Gasteiger partial charge < -0.3 is 5.11 Å². The lowest BCUT2D eigenvalue weighted by atomic mass is 9.99. The first-order valence-corrected chi connectivity index (χ1v) is 7.10. The maximum Gasteiger partial charge on any atom is 0.279 e. The van der Waals surface area contributed by atoms with Crippen LogP contribution in [0.3, 0.4) is 0 Å². The second-order valence-electron chi connectivity index (χ2n) is 5.83. The SMILES string of the molecule is Cc1ccc([C@@]2(O)C[n+]3ccccc3N2C(C)C)cc1. The Bertz CT molecular complexity index is 621. The lowest BCUT2D eigenvalue weighted by Gasteiger charge is -2.30. The predicted molar refractivity (Wildman–Crippen MR) is 79.3 cm³/mol. The molecule has 20 heavy (non-hydrogen) atoms. The number of pyridine rings is 1. The third-order valence-electron chi connectivity index (χ3n) is 3.98. The minimum atomic E-state index is -0.976. The van der Waals surface area contributed by atoms with Gasteiger partial charge in [0.1, 0.15) is 0 Å². The number of hydrogen-bond donors (Lipinski definition) is 1. The number of nitrogens with zero attached hydrogens (tertiary/aromatic N) is 2. The summed E-state index contributed by atoms with van der Waals surface area (Å²) in [4.78, 5) is 2.09. The Hall–Kier alpha value is -1.87. The molecule has 0 unspecified atom stereocenters.